The largest absolute Gasteiger partial charge is 0.377 e. The summed E-state index contributed by atoms with van der Waals surface area (Å²) in [6.45, 7) is 0.657. The fourth-order valence-electron chi connectivity index (χ4n) is 0.844. The van der Waals surface area contributed by atoms with Crippen molar-refractivity contribution in [2.24, 2.45) is 0 Å². The molecule has 0 aromatic carbocycles. The first-order chi connectivity index (χ1) is 6.45. The smallest absolute Gasteiger partial charge is 0.115 e. The lowest BCUT2D eigenvalue weighted by Gasteiger charge is -2.00. The Kier molecular flexibility index (Phi) is 2.42. The van der Waals surface area contributed by atoms with Crippen molar-refractivity contribution in [1.82, 2.24) is 19.6 Å². The third-order valence-electron chi connectivity index (χ3n) is 1.44. The predicted octanol–water partition coefficient (Wildman–Crippen LogP) is 0.940. The van der Waals surface area contributed by atoms with Crippen LogP contribution in [-0.4, -0.2) is 19.6 Å². The van der Waals surface area contributed by atoms with Gasteiger partial charge in [0.1, 0.15) is 6.33 Å². The van der Waals surface area contributed by atoms with Gasteiger partial charge in [-0.25, -0.2) is 9.97 Å². The van der Waals surface area contributed by atoms with Crippen LogP contribution in [0.2, 0.25) is 0 Å². The Bertz CT molecular complexity index is 346. The normalized spacial score (nSPS) is 9.85. The molecular formula is C7H7N5S. The number of hydrogen-bond acceptors (Lipinski definition) is 6. The Morgan fingerprint density at radius 2 is 2.15 bits per heavy atom. The SMILES string of the molecule is c1ncc(NCc2csnn2)cn1. The summed E-state index contributed by atoms with van der Waals surface area (Å²) in [5, 5.41) is 8.92. The third kappa shape index (κ3) is 2.19. The molecule has 0 aliphatic rings. The minimum Gasteiger partial charge on any atom is -0.377 e. The maximum Gasteiger partial charge on any atom is 0.115 e. The van der Waals surface area contributed by atoms with Crippen LogP contribution in [0.25, 0.3) is 0 Å². The van der Waals surface area contributed by atoms with Crippen LogP contribution in [-0.2, 0) is 6.54 Å². The van der Waals surface area contributed by atoms with Crippen molar-refractivity contribution < 1.29 is 0 Å². The van der Waals surface area contributed by atoms with E-state index >= 15 is 0 Å². The zero-order valence-corrected chi connectivity index (χ0v) is 7.53. The average molecular weight is 193 g/mol. The highest BCUT2D eigenvalue weighted by Crippen LogP contribution is 2.04. The zero-order chi connectivity index (χ0) is 8.93. The molecule has 2 rings (SSSR count). The van der Waals surface area contributed by atoms with Gasteiger partial charge in [0.15, 0.2) is 0 Å². The molecule has 5 nitrogen and oxygen atoms in total. The number of hydrogen-bond donors (Lipinski definition) is 1. The summed E-state index contributed by atoms with van der Waals surface area (Å²) in [4.78, 5) is 7.76. The summed E-state index contributed by atoms with van der Waals surface area (Å²) < 4.78 is 3.75. The number of aromatic nitrogens is 4. The van der Waals surface area contributed by atoms with E-state index < -0.39 is 0 Å². The second-order valence-electron chi connectivity index (χ2n) is 2.38. The molecule has 0 atom stereocenters. The van der Waals surface area contributed by atoms with Crippen molar-refractivity contribution >= 4 is 17.2 Å². The molecule has 0 saturated carbocycles. The topological polar surface area (TPSA) is 63.6 Å². The molecule has 0 aliphatic heterocycles. The molecule has 0 saturated heterocycles. The van der Waals surface area contributed by atoms with E-state index in [4.69, 9.17) is 0 Å². The minimum absolute atomic E-state index is 0.657. The lowest BCUT2D eigenvalue weighted by molar-refractivity contribution is 0.992. The maximum atomic E-state index is 3.90. The van der Waals surface area contributed by atoms with Crippen LogP contribution >= 0.6 is 11.5 Å². The molecule has 2 heterocycles. The molecule has 2 aromatic heterocycles. The van der Waals surface area contributed by atoms with Gasteiger partial charge >= 0.3 is 0 Å². The van der Waals surface area contributed by atoms with Gasteiger partial charge in [0.25, 0.3) is 0 Å². The van der Waals surface area contributed by atoms with E-state index in [2.05, 4.69) is 24.9 Å². The fraction of sp³-hybridized carbons (Fsp3) is 0.143. The first-order valence-corrected chi connectivity index (χ1v) is 4.53. The molecule has 0 spiro atoms. The van der Waals surface area contributed by atoms with E-state index in [0.717, 1.165) is 11.4 Å². The van der Waals surface area contributed by atoms with Gasteiger partial charge in [-0.05, 0) is 11.5 Å². The highest BCUT2D eigenvalue weighted by Gasteiger charge is 1.95. The van der Waals surface area contributed by atoms with E-state index in [0.29, 0.717) is 6.54 Å². The molecule has 13 heavy (non-hydrogen) atoms. The van der Waals surface area contributed by atoms with Crippen molar-refractivity contribution in [3.05, 3.63) is 29.8 Å². The number of nitrogens with one attached hydrogen (secondary N) is 1. The Labute approximate surface area is 79.0 Å². The second kappa shape index (κ2) is 3.90. The monoisotopic (exact) mass is 193 g/mol. The molecule has 2 aromatic rings. The maximum absolute atomic E-state index is 3.90. The van der Waals surface area contributed by atoms with Crippen LogP contribution in [0.4, 0.5) is 5.69 Å². The van der Waals surface area contributed by atoms with Crippen molar-refractivity contribution in [1.29, 1.82) is 0 Å². The van der Waals surface area contributed by atoms with Crippen molar-refractivity contribution in [2.45, 2.75) is 6.54 Å². The van der Waals surface area contributed by atoms with Gasteiger partial charge in [0.2, 0.25) is 0 Å². The van der Waals surface area contributed by atoms with Crippen LogP contribution < -0.4 is 5.32 Å². The van der Waals surface area contributed by atoms with Gasteiger partial charge < -0.3 is 5.32 Å². The van der Waals surface area contributed by atoms with Crippen LogP contribution in [0.3, 0.4) is 0 Å². The molecule has 1 N–H and O–H groups in total. The van der Waals surface area contributed by atoms with Gasteiger partial charge in [-0.3, -0.25) is 0 Å². The highest BCUT2D eigenvalue weighted by atomic mass is 32.1. The van der Waals surface area contributed by atoms with Crippen LogP contribution in [0, 0.1) is 0 Å². The van der Waals surface area contributed by atoms with E-state index in [9.17, 15) is 0 Å². The molecule has 0 aliphatic carbocycles. The van der Waals surface area contributed by atoms with E-state index in [1.54, 1.807) is 12.4 Å². The molecular weight excluding hydrogens is 186 g/mol. The number of nitrogens with zero attached hydrogens (tertiary/aromatic N) is 4. The average Bonchev–Trinajstić information content (AvgIpc) is 2.69. The zero-order valence-electron chi connectivity index (χ0n) is 6.71. The van der Waals surface area contributed by atoms with Crippen molar-refractivity contribution in [2.75, 3.05) is 5.32 Å². The van der Waals surface area contributed by atoms with E-state index in [1.165, 1.54) is 17.9 Å². The van der Waals surface area contributed by atoms with Gasteiger partial charge in [0.05, 0.1) is 30.3 Å². The lowest BCUT2D eigenvalue weighted by atomic mass is 10.4. The Morgan fingerprint density at radius 3 is 2.85 bits per heavy atom. The van der Waals surface area contributed by atoms with Crippen LogP contribution in [0.15, 0.2) is 24.1 Å². The summed E-state index contributed by atoms with van der Waals surface area (Å²) in [6, 6.07) is 0. The Hall–Kier alpha value is -1.56. The van der Waals surface area contributed by atoms with Crippen LogP contribution in [0.5, 0.6) is 0 Å². The van der Waals surface area contributed by atoms with Gasteiger partial charge in [-0.15, -0.1) is 5.10 Å². The first kappa shape index (κ1) is 8.06. The lowest BCUT2D eigenvalue weighted by Crippen LogP contribution is -2.00. The minimum atomic E-state index is 0.657. The second-order valence-corrected chi connectivity index (χ2v) is 2.99. The molecule has 0 unspecified atom stereocenters. The Balaban J connectivity index is 1.94. The first-order valence-electron chi connectivity index (χ1n) is 3.70. The summed E-state index contributed by atoms with van der Waals surface area (Å²) in [7, 11) is 0. The molecule has 66 valence electrons. The molecule has 0 bridgehead atoms. The quantitative estimate of drug-likeness (QED) is 0.786. The molecule has 0 radical (unpaired) electrons. The highest BCUT2D eigenvalue weighted by molar-refractivity contribution is 7.03. The number of anilines is 1. The molecule has 0 fully saturated rings. The summed E-state index contributed by atoms with van der Waals surface area (Å²) >= 11 is 1.34. The number of rotatable bonds is 3. The third-order valence-corrected chi connectivity index (χ3v) is 1.99. The summed E-state index contributed by atoms with van der Waals surface area (Å²) in [6.07, 6.45) is 4.93. The summed E-state index contributed by atoms with van der Waals surface area (Å²) in [5.74, 6) is 0. The molecule has 0 amide bonds. The summed E-state index contributed by atoms with van der Waals surface area (Å²) in [5.41, 5.74) is 1.81. The van der Waals surface area contributed by atoms with Crippen molar-refractivity contribution in [3.63, 3.8) is 0 Å². The predicted molar refractivity (Wildman–Crippen MR) is 49.3 cm³/mol. The van der Waals surface area contributed by atoms with E-state index in [1.807, 2.05) is 5.38 Å². The standard InChI is InChI=1S/C7H7N5S/c1-6(2-9-5-8-1)10-3-7-4-13-12-11-7/h1-2,4-5,10H,3H2. The van der Waals surface area contributed by atoms with Crippen molar-refractivity contribution in [3.8, 4) is 0 Å². The van der Waals surface area contributed by atoms with Gasteiger partial charge in [0, 0.05) is 5.38 Å². The van der Waals surface area contributed by atoms with Crippen LogP contribution in [0.1, 0.15) is 5.69 Å². The van der Waals surface area contributed by atoms with Gasteiger partial charge in [-0.2, -0.15) is 0 Å². The fourth-order valence-corrected chi connectivity index (χ4v) is 1.30. The molecule has 6 heteroatoms. The van der Waals surface area contributed by atoms with Gasteiger partial charge in [-0.1, -0.05) is 4.49 Å². The Morgan fingerprint density at radius 1 is 1.31 bits per heavy atom. The van der Waals surface area contributed by atoms with E-state index in [-0.39, 0.29) is 0 Å².